The summed E-state index contributed by atoms with van der Waals surface area (Å²) < 4.78 is 5.59. The van der Waals surface area contributed by atoms with Gasteiger partial charge in [0.25, 0.3) is 0 Å². The number of amides is 2. The number of H-pyrrole nitrogens is 1. The Morgan fingerprint density at radius 1 is 1.38 bits per heavy atom. The summed E-state index contributed by atoms with van der Waals surface area (Å²) in [6.07, 6.45) is 5.01. The molecule has 2 aromatic heterocycles. The molecule has 26 heavy (non-hydrogen) atoms. The summed E-state index contributed by atoms with van der Waals surface area (Å²) in [7, 11) is 1.85. The Hall–Kier alpha value is -2.00. The summed E-state index contributed by atoms with van der Waals surface area (Å²) in [6.45, 7) is 3.11. The van der Waals surface area contributed by atoms with Gasteiger partial charge in [-0.1, -0.05) is 0 Å². The molecule has 1 aliphatic heterocycles. The highest BCUT2D eigenvalue weighted by molar-refractivity contribution is 7.11. The largest absolute Gasteiger partial charge is 0.370 e. The van der Waals surface area contributed by atoms with E-state index in [-0.39, 0.29) is 18.2 Å². The maximum Gasteiger partial charge on any atom is 0.318 e. The van der Waals surface area contributed by atoms with Gasteiger partial charge >= 0.3 is 6.03 Å². The van der Waals surface area contributed by atoms with Gasteiger partial charge in [0.1, 0.15) is 11.9 Å². The highest BCUT2D eigenvalue weighted by Crippen LogP contribution is 2.37. The molecule has 0 saturated carbocycles. The Morgan fingerprint density at radius 2 is 2.27 bits per heavy atom. The Kier molecular flexibility index (Phi) is 4.90. The van der Waals surface area contributed by atoms with Crippen LogP contribution in [0.1, 0.15) is 65.1 Å². The van der Waals surface area contributed by atoms with Crippen LogP contribution < -0.4 is 5.32 Å². The van der Waals surface area contributed by atoms with Gasteiger partial charge in [-0.3, -0.25) is 5.10 Å². The fraction of sp³-hybridized carbons (Fsp3) is 0.647. The van der Waals surface area contributed by atoms with E-state index in [0.29, 0.717) is 18.2 Å². The number of urea groups is 1. The third kappa shape index (κ3) is 3.45. The van der Waals surface area contributed by atoms with Crippen molar-refractivity contribution in [1.82, 2.24) is 30.4 Å². The predicted octanol–water partition coefficient (Wildman–Crippen LogP) is 2.64. The first kappa shape index (κ1) is 17.4. The average Bonchev–Trinajstić information content (AvgIpc) is 3.37. The number of aryl methyl sites for hydroxylation is 2. The van der Waals surface area contributed by atoms with E-state index in [0.717, 1.165) is 49.4 Å². The maximum atomic E-state index is 12.6. The predicted molar refractivity (Wildman–Crippen MR) is 96.8 cm³/mol. The zero-order valence-corrected chi connectivity index (χ0v) is 15.9. The van der Waals surface area contributed by atoms with Crippen molar-refractivity contribution < 1.29 is 9.53 Å². The van der Waals surface area contributed by atoms with Crippen molar-refractivity contribution in [3.8, 4) is 0 Å². The van der Waals surface area contributed by atoms with E-state index in [9.17, 15) is 4.79 Å². The van der Waals surface area contributed by atoms with Crippen LogP contribution in [0.5, 0.6) is 0 Å². The van der Waals surface area contributed by atoms with Crippen LogP contribution in [0, 0.1) is 6.92 Å². The minimum Gasteiger partial charge on any atom is -0.370 e. The first-order valence-corrected chi connectivity index (χ1v) is 9.93. The molecule has 0 spiro atoms. The SMILES string of the molecule is Cc1nc2c(s1)C(N(C)C(=O)NCc1nc(C3CCCO3)n[nH]1)CCC2. The lowest BCUT2D eigenvalue weighted by Gasteiger charge is -2.30. The topological polar surface area (TPSA) is 96.0 Å². The fourth-order valence-electron chi connectivity index (χ4n) is 3.63. The number of aromatic nitrogens is 4. The second-order valence-corrected chi connectivity index (χ2v) is 8.10. The quantitative estimate of drug-likeness (QED) is 0.855. The molecule has 9 heteroatoms. The maximum absolute atomic E-state index is 12.6. The van der Waals surface area contributed by atoms with Gasteiger partial charge in [0.15, 0.2) is 5.82 Å². The van der Waals surface area contributed by atoms with E-state index in [1.165, 1.54) is 4.88 Å². The molecule has 2 unspecified atom stereocenters. The molecule has 0 radical (unpaired) electrons. The first-order chi connectivity index (χ1) is 12.6. The molecule has 2 atom stereocenters. The number of nitrogens with zero attached hydrogens (tertiary/aromatic N) is 4. The van der Waals surface area contributed by atoms with E-state index < -0.39 is 0 Å². The van der Waals surface area contributed by atoms with Crippen molar-refractivity contribution in [3.63, 3.8) is 0 Å². The molecule has 4 rings (SSSR count). The van der Waals surface area contributed by atoms with Gasteiger partial charge in [0.05, 0.1) is 28.2 Å². The normalized spacial score (nSPS) is 22.2. The molecular formula is C17H24N6O2S. The Morgan fingerprint density at radius 3 is 3.08 bits per heavy atom. The standard InChI is InChI=1S/C17H24N6O2S/c1-10-19-11-5-3-6-12(15(11)26-10)23(2)17(24)18-9-14-20-16(22-21-14)13-7-4-8-25-13/h12-13H,3-9H2,1-2H3,(H,18,24)(H,20,21,22). The monoisotopic (exact) mass is 376 g/mol. The van der Waals surface area contributed by atoms with Crippen molar-refractivity contribution in [2.45, 2.75) is 57.7 Å². The summed E-state index contributed by atoms with van der Waals surface area (Å²) in [5.74, 6) is 1.33. The zero-order valence-electron chi connectivity index (χ0n) is 15.1. The second kappa shape index (κ2) is 7.32. The molecule has 1 saturated heterocycles. The molecule has 2 aromatic rings. The minimum atomic E-state index is -0.107. The fourth-order valence-corrected chi connectivity index (χ4v) is 4.78. The Labute approximate surface area is 156 Å². The highest BCUT2D eigenvalue weighted by Gasteiger charge is 2.29. The summed E-state index contributed by atoms with van der Waals surface area (Å²) in [6, 6.07) is -0.00825. The molecule has 1 fully saturated rings. The van der Waals surface area contributed by atoms with Gasteiger partial charge in [-0.2, -0.15) is 5.10 Å². The number of thiazole rings is 1. The number of hydrogen-bond acceptors (Lipinski definition) is 6. The average molecular weight is 376 g/mol. The lowest BCUT2D eigenvalue weighted by Crippen LogP contribution is -2.40. The number of carbonyl (C=O) groups is 1. The van der Waals surface area contributed by atoms with Crippen molar-refractivity contribution in [2.75, 3.05) is 13.7 Å². The number of aromatic amines is 1. The van der Waals surface area contributed by atoms with E-state index in [2.05, 4.69) is 25.5 Å². The molecule has 2 aliphatic rings. The lowest BCUT2D eigenvalue weighted by molar-refractivity contribution is 0.105. The van der Waals surface area contributed by atoms with Gasteiger partial charge in [0, 0.05) is 13.7 Å². The van der Waals surface area contributed by atoms with Crippen LogP contribution >= 0.6 is 11.3 Å². The summed E-state index contributed by atoms with van der Waals surface area (Å²) >= 11 is 1.70. The number of ether oxygens (including phenoxy) is 1. The highest BCUT2D eigenvalue weighted by atomic mass is 32.1. The van der Waals surface area contributed by atoms with E-state index >= 15 is 0 Å². The van der Waals surface area contributed by atoms with Crippen LogP contribution in [-0.2, 0) is 17.7 Å². The van der Waals surface area contributed by atoms with E-state index in [1.54, 1.807) is 16.2 Å². The molecule has 2 N–H and O–H groups in total. The van der Waals surface area contributed by atoms with Crippen molar-refractivity contribution >= 4 is 17.4 Å². The van der Waals surface area contributed by atoms with Crippen LogP contribution in [0.15, 0.2) is 0 Å². The van der Waals surface area contributed by atoms with Gasteiger partial charge in [-0.05, 0) is 39.0 Å². The third-order valence-corrected chi connectivity index (χ3v) is 6.10. The summed E-state index contributed by atoms with van der Waals surface area (Å²) in [5, 5.41) is 11.1. The number of hydrogen-bond donors (Lipinski definition) is 2. The third-order valence-electron chi connectivity index (χ3n) is 4.99. The Balaban J connectivity index is 1.36. The van der Waals surface area contributed by atoms with Gasteiger partial charge < -0.3 is 15.0 Å². The molecule has 140 valence electrons. The summed E-state index contributed by atoms with van der Waals surface area (Å²) in [4.78, 5) is 24.7. The number of nitrogens with one attached hydrogen (secondary N) is 2. The smallest absolute Gasteiger partial charge is 0.318 e. The molecule has 8 nitrogen and oxygen atoms in total. The number of rotatable bonds is 4. The van der Waals surface area contributed by atoms with Crippen molar-refractivity contribution in [1.29, 1.82) is 0 Å². The number of carbonyl (C=O) groups excluding carboxylic acids is 1. The van der Waals surface area contributed by atoms with Crippen LogP contribution in [0.25, 0.3) is 0 Å². The molecule has 1 aliphatic carbocycles. The van der Waals surface area contributed by atoms with Gasteiger partial charge in [0.2, 0.25) is 0 Å². The molecule has 0 aromatic carbocycles. The van der Waals surface area contributed by atoms with Crippen LogP contribution in [0.4, 0.5) is 4.79 Å². The van der Waals surface area contributed by atoms with Crippen LogP contribution in [0.3, 0.4) is 0 Å². The van der Waals surface area contributed by atoms with Gasteiger partial charge in [-0.15, -0.1) is 11.3 Å². The van der Waals surface area contributed by atoms with E-state index in [1.807, 2.05) is 14.0 Å². The van der Waals surface area contributed by atoms with Crippen LogP contribution in [0.2, 0.25) is 0 Å². The minimum absolute atomic E-state index is 0.0198. The van der Waals surface area contributed by atoms with Crippen LogP contribution in [-0.4, -0.2) is 44.8 Å². The molecule has 3 heterocycles. The lowest BCUT2D eigenvalue weighted by atomic mass is 9.97. The summed E-state index contributed by atoms with van der Waals surface area (Å²) in [5.41, 5.74) is 1.15. The number of fused-ring (bicyclic) bond motifs is 1. The van der Waals surface area contributed by atoms with Crippen molar-refractivity contribution in [2.24, 2.45) is 0 Å². The van der Waals surface area contributed by atoms with Crippen molar-refractivity contribution in [3.05, 3.63) is 27.2 Å². The van der Waals surface area contributed by atoms with Gasteiger partial charge in [-0.25, -0.2) is 14.8 Å². The molecule has 2 amide bonds. The zero-order chi connectivity index (χ0) is 18.1. The Bertz CT molecular complexity index is 782. The molecule has 0 bridgehead atoms. The second-order valence-electron chi connectivity index (χ2n) is 6.86. The first-order valence-electron chi connectivity index (χ1n) is 9.11. The van der Waals surface area contributed by atoms with E-state index in [4.69, 9.17) is 4.74 Å². The molecular weight excluding hydrogens is 352 g/mol.